The van der Waals surface area contributed by atoms with Crippen molar-refractivity contribution < 1.29 is 9.47 Å². The lowest BCUT2D eigenvalue weighted by Gasteiger charge is -2.12. The van der Waals surface area contributed by atoms with Gasteiger partial charge in [0.2, 0.25) is 0 Å². The van der Waals surface area contributed by atoms with Gasteiger partial charge in [-0.1, -0.05) is 18.2 Å². The topological polar surface area (TPSA) is 18.5 Å². The summed E-state index contributed by atoms with van der Waals surface area (Å²) in [6.07, 6.45) is 2.93. The fourth-order valence-electron chi connectivity index (χ4n) is 2.22. The lowest BCUT2D eigenvalue weighted by Crippen LogP contribution is -2.10. The van der Waals surface area contributed by atoms with E-state index in [9.17, 15) is 0 Å². The van der Waals surface area contributed by atoms with Gasteiger partial charge in [-0.15, -0.1) is 0 Å². The minimum atomic E-state index is 0.482. The minimum absolute atomic E-state index is 0.482. The van der Waals surface area contributed by atoms with Crippen LogP contribution in [0.5, 0.6) is 5.75 Å². The number of ether oxygens (including phenoxy) is 2. The van der Waals surface area contributed by atoms with Gasteiger partial charge in [-0.2, -0.15) is 11.8 Å². The van der Waals surface area contributed by atoms with E-state index in [0.717, 1.165) is 30.5 Å². The number of rotatable bonds is 6. The van der Waals surface area contributed by atoms with Crippen LogP contribution >= 0.6 is 11.8 Å². The van der Waals surface area contributed by atoms with Crippen LogP contribution in [-0.4, -0.2) is 30.8 Å². The Morgan fingerprint density at radius 1 is 1.33 bits per heavy atom. The third-order valence-electron chi connectivity index (χ3n) is 3.21. The Morgan fingerprint density at radius 2 is 2.11 bits per heavy atom. The summed E-state index contributed by atoms with van der Waals surface area (Å²) in [5, 5.41) is 0. The van der Waals surface area contributed by atoms with Crippen molar-refractivity contribution in [2.75, 3.05) is 24.7 Å². The van der Waals surface area contributed by atoms with Crippen LogP contribution in [0.3, 0.4) is 0 Å². The zero-order valence-corrected chi connectivity index (χ0v) is 12.1. The molecule has 2 rings (SSSR count). The Morgan fingerprint density at radius 3 is 2.78 bits per heavy atom. The van der Waals surface area contributed by atoms with Crippen molar-refractivity contribution in [3.8, 4) is 5.75 Å². The average Bonchev–Trinajstić information content (AvgIpc) is 2.85. The number of aryl methyl sites for hydroxylation is 2. The molecule has 0 aliphatic carbocycles. The fraction of sp³-hybridized carbons (Fsp3) is 0.600. The van der Waals surface area contributed by atoms with Crippen molar-refractivity contribution in [3.05, 3.63) is 29.3 Å². The second-order valence-electron chi connectivity index (χ2n) is 4.78. The SMILES string of the molecule is Cc1cccc(C)c1OCCSCC1CCCO1. The van der Waals surface area contributed by atoms with Crippen LogP contribution in [0.25, 0.3) is 0 Å². The van der Waals surface area contributed by atoms with E-state index in [1.54, 1.807) is 0 Å². The Hall–Kier alpha value is -0.670. The first-order valence-electron chi connectivity index (χ1n) is 6.66. The van der Waals surface area contributed by atoms with Crippen LogP contribution in [0.4, 0.5) is 0 Å². The molecular formula is C15H22O2S. The molecule has 100 valence electrons. The van der Waals surface area contributed by atoms with Crippen LogP contribution < -0.4 is 4.74 Å². The molecule has 2 nitrogen and oxygen atoms in total. The first kappa shape index (κ1) is 13.8. The number of para-hydroxylation sites is 1. The molecule has 1 unspecified atom stereocenters. The molecule has 3 heteroatoms. The summed E-state index contributed by atoms with van der Waals surface area (Å²) in [6.45, 7) is 5.93. The molecule has 1 fully saturated rings. The lowest BCUT2D eigenvalue weighted by molar-refractivity contribution is 0.129. The van der Waals surface area contributed by atoms with Crippen LogP contribution in [0, 0.1) is 13.8 Å². The molecule has 18 heavy (non-hydrogen) atoms. The third kappa shape index (κ3) is 3.92. The fourth-order valence-corrected chi connectivity index (χ4v) is 3.11. The minimum Gasteiger partial charge on any atom is -0.492 e. The van der Waals surface area contributed by atoms with Crippen molar-refractivity contribution in [3.63, 3.8) is 0 Å². The van der Waals surface area contributed by atoms with E-state index in [1.165, 1.54) is 24.0 Å². The standard InChI is InChI=1S/C15H22O2S/c1-12-5-3-6-13(2)15(12)17-9-10-18-11-14-7-4-8-16-14/h3,5-6,14H,4,7-11H2,1-2H3. The van der Waals surface area contributed by atoms with Gasteiger partial charge < -0.3 is 9.47 Å². The molecule has 1 aromatic rings. The van der Waals surface area contributed by atoms with Crippen molar-refractivity contribution in [1.29, 1.82) is 0 Å². The average molecular weight is 266 g/mol. The van der Waals surface area contributed by atoms with Gasteiger partial charge in [0.05, 0.1) is 12.7 Å². The summed E-state index contributed by atoms with van der Waals surface area (Å²) in [4.78, 5) is 0. The highest BCUT2D eigenvalue weighted by Crippen LogP contribution is 2.23. The third-order valence-corrected chi connectivity index (χ3v) is 4.27. The first-order valence-corrected chi connectivity index (χ1v) is 7.81. The highest BCUT2D eigenvalue weighted by atomic mass is 32.2. The molecule has 1 aliphatic rings. The summed E-state index contributed by atoms with van der Waals surface area (Å²) in [5.74, 6) is 3.19. The maximum absolute atomic E-state index is 5.87. The Kier molecular flexibility index (Phi) is 5.39. The molecule has 0 radical (unpaired) electrons. The van der Waals surface area contributed by atoms with Crippen LogP contribution in [0.15, 0.2) is 18.2 Å². The maximum Gasteiger partial charge on any atom is 0.125 e. The molecule has 0 amide bonds. The van der Waals surface area contributed by atoms with Crippen molar-refractivity contribution in [2.24, 2.45) is 0 Å². The van der Waals surface area contributed by atoms with Gasteiger partial charge >= 0.3 is 0 Å². The molecule has 1 aromatic carbocycles. The number of hydrogen-bond donors (Lipinski definition) is 0. The molecule has 0 aromatic heterocycles. The number of hydrogen-bond acceptors (Lipinski definition) is 3. The van der Waals surface area contributed by atoms with E-state index in [2.05, 4.69) is 32.0 Å². The molecular weight excluding hydrogens is 244 g/mol. The zero-order chi connectivity index (χ0) is 12.8. The van der Waals surface area contributed by atoms with Gasteiger partial charge in [0.25, 0.3) is 0 Å². The van der Waals surface area contributed by atoms with Crippen LogP contribution in [0.2, 0.25) is 0 Å². The summed E-state index contributed by atoms with van der Waals surface area (Å²) < 4.78 is 11.5. The molecule has 0 spiro atoms. The van der Waals surface area contributed by atoms with Gasteiger partial charge in [0, 0.05) is 18.1 Å². The van der Waals surface area contributed by atoms with Crippen LogP contribution in [0.1, 0.15) is 24.0 Å². The molecule has 1 aliphatic heterocycles. The number of benzene rings is 1. The molecule has 0 saturated carbocycles. The molecule has 1 atom stereocenters. The van der Waals surface area contributed by atoms with E-state index < -0.39 is 0 Å². The van der Waals surface area contributed by atoms with Crippen molar-refractivity contribution >= 4 is 11.8 Å². The van der Waals surface area contributed by atoms with Gasteiger partial charge in [0.15, 0.2) is 0 Å². The van der Waals surface area contributed by atoms with Gasteiger partial charge in [-0.3, -0.25) is 0 Å². The van der Waals surface area contributed by atoms with E-state index in [1.807, 2.05) is 11.8 Å². The Balaban J connectivity index is 1.65. The van der Waals surface area contributed by atoms with E-state index in [-0.39, 0.29) is 0 Å². The Bertz CT molecular complexity index is 353. The molecule has 1 saturated heterocycles. The van der Waals surface area contributed by atoms with Crippen LogP contribution in [-0.2, 0) is 4.74 Å². The second-order valence-corrected chi connectivity index (χ2v) is 5.93. The van der Waals surface area contributed by atoms with Gasteiger partial charge in [-0.05, 0) is 37.8 Å². The second kappa shape index (κ2) is 7.05. The lowest BCUT2D eigenvalue weighted by atomic mass is 10.1. The molecule has 0 bridgehead atoms. The highest BCUT2D eigenvalue weighted by Gasteiger charge is 2.14. The zero-order valence-electron chi connectivity index (χ0n) is 11.3. The van der Waals surface area contributed by atoms with E-state index in [4.69, 9.17) is 9.47 Å². The van der Waals surface area contributed by atoms with Crippen molar-refractivity contribution in [1.82, 2.24) is 0 Å². The normalized spacial score (nSPS) is 19.1. The predicted octanol–water partition coefficient (Wildman–Crippen LogP) is 3.59. The van der Waals surface area contributed by atoms with Gasteiger partial charge in [0.1, 0.15) is 5.75 Å². The predicted molar refractivity (Wildman–Crippen MR) is 77.7 cm³/mol. The monoisotopic (exact) mass is 266 g/mol. The Labute approximate surface area is 114 Å². The molecule has 1 heterocycles. The van der Waals surface area contributed by atoms with E-state index >= 15 is 0 Å². The molecule has 0 N–H and O–H groups in total. The highest BCUT2D eigenvalue weighted by molar-refractivity contribution is 7.99. The van der Waals surface area contributed by atoms with Crippen molar-refractivity contribution in [2.45, 2.75) is 32.8 Å². The summed E-state index contributed by atoms with van der Waals surface area (Å²) in [7, 11) is 0. The largest absolute Gasteiger partial charge is 0.492 e. The number of thioether (sulfide) groups is 1. The van der Waals surface area contributed by atoms with E-state index in [0.29, 0.717) is 6.10 Å². The summed E-state index contributed by atoms with van der Waals surface area (Å²) in [6, 6.07) is 6.27. The maximum atomic E-state index is 5.87. The summed E-state index contributed by atoms with van der Waals surface area (Å²) in [5.41, 5.74) is 2.44. The smallest absolute Gasteiger partial charge is 0.125 e. The summed E-state index contributed by atoms with van der Waals surface area (Å²) >= 11 is 1.93. The quantitative estimate of drug-likeness (QED) is 0.733. The van der Waals surface area contributed by atoms with Gasteiger partial charge in [-0.25, -0.2) is 0 Å². The first-order chi connectivity index (χ1) is 8.77.